The average molecular weight is 613 g/mol. The van der Waals surface area contributed by atoms with Crippen molar-refractivity contribution in [1.29, 1.82) is 0 Å². The molecule has 1 fully saturated rings. The highest BCUT2D eigenvalue weighted by atomic mass is 16.3. The predicted molar refractivity (Wildman–Crippen MR) is 192 cm³/mol. The smallest absolute Gasteiger partial charge is 0.142 e. The number of hydrogen-bond donors (Lipinski definition) is 3. The van der Waals surface area contributed by atoms with Crippen molar-refractivity contribution in [3.05, 3.63) is 149 Å². The maximum atomic E-state index is 6.57. The first kappa shape index (κ1) is 27.2. The second-order valence-electron chi connectivity index (χ2n) is 13.7. The van der Waals surface area contributed by atoms with Gasteiger partial charge in [0.25, 0.3) is 0 Å². The summed E-state index contributed by atoms with van der Waals surface area (Å²) in [7, 11) is 0. The molecule has 5 heteroatoms. The van der Waals surface area contributed by atoms with Crippen LogP contribution in [0.3, 0.4) is 0 Å². The number of rotatable bonds is 3. The molecule has 0 spiro atoms. The van der Waals surface area contributed by atoms with Crippen LogP contribution in [0.15, 0.2) is 131 Å². The molecule has 2 aliphatic carbocycles. The number of nitrogens with one attached hydrogen (secondary N) is 3. The van der Waals surface area contributed by atoms with E-state index in [9.17, 15) is 0 Å². The lowest BCUT2D eigenvalue weighted by Gasteiger charge is -2.40. The molecule has 0 saturated carbocycles. The van der Waals surface area contributed by atoms with Crippen LogP contribution in [0.2, 0.25) is 0 Å². The van der Waals surface area contributed by atoms with Gasteiger partial charge in [-0.2, -0.15) is 0 Å². The zero-order valence-corrected chi connectivity index (χ0v) is 26.5. The molecule has 3 atom stereocenters. The monoisotopic (exact) mass is 612 g/mol. The summed E-state index contributed by atoms with van der Waals surface area (Å²) in [4.78, 5) is 0. The Morgan fingerprint density at radius 1 is 0.702 bits per heavy atom. The third-order valence-electron chi connectivity index (χ3n) is 10.9. The predicted octanol–water partition coefficient (Wildman–Crippen LogP) is 9.72. The highest BCUT2D eigenvalue weighted by Gasteiger charge is 2.40. The normalized spacial score (nSPS) is 22.0. The summed E-state index contributed by atoms with van der Waals surface area (Å²) < 4.78 is 9.09. The number of aromatic nitrogens is 1. The van der Waals surface area contributed by atoms with Crippen LogP contribution < -0.4 is 16.0 Å². The minimum atomic E-state index is -0.222. The summed E-state index contributed by atoms with van der Waals surface area (Å²) in [6, 6.07) is 39.1. The Hall–Kier alpha value is -4.94. The van der Waals surface area contributed by atoms with Crippen molar-refractivity contribution in [2.24, 2.45) is 0 Å². The van der Waals surface area contributed by atoms with Gasteiger partial charge in [0.15, 0.2) is 0 Å². The van der Waals surface area contributed by atoms with E-state index in [-0.39, 0.29) is 24.0 Å². The van der Waals surface area contributed by atoms with Gasteiger partial charge in [-0.3, -0.25) is 16.0 Å². The Bertz CT molecular complexity index is 2440. The SMILES string of the molecule is CC1(C)C2=C(C=CCC2)c2c1ccc1c3ccccc3n(C3NC(c4ccccc4)NC(c4cccc5c4oc4ccccc45)N3)c21. The van der Waals surface area contributed by atoms with Gasteiger partial charge in [0.1, 0.15) is 17.5 Å². The number of nitrogens with zero attached hydrogens (tertiary/aromatic N) is 1. The third-order valence-corrected chi connectivity index (χ3v) is 10.9. The van der Waals surface area contributed by atoms with Gasteiger partial charge in [0.05, 0.1) is 23.4 Å². The Morgan fingerprint density at radius 3 is 2.36 bits per heavy atom. The lowest BCUT2D eigenvalue weighted by Crippen LogP contribution is -2.56. The van der Waals surface area contributed by atoms with Gasteiger partial charge in [-0.05, 0) is 41.7 Å². The van der Waals surface area contributed by atoms with E-state index in [1.54, 1.807) is 5.57 Å². The molecule has 3 N–H and O–H groups in total. The van der Waals surface area contributed by atoms with Crippen molar-refractivity contribution in [2.45, 2.75) is 50.7 Å². The van der Waals surface area contributed by atoms with Gasteiger partial charge in [-0.15, -0.1) is 0 Å². The summed E-state index contributed by atoms with van der Waals surface area (Å²) in [5.74, 6) is 0. The molecular formula is C42H36N4O. The molecule has 5 aromatic carbocycles. The number of fused-ring (bicyclic) bond motifs is 9. The largest absolute Gasteiger partial charge is 0.456 e. The highest BCUT2D eigenvalue weighted by molar-refractivity contribution is 6.14. The second-order valence-corrected chi connectivity index (χ2v) is 13.7. The van der Waals surface area contributed by atoms with E-state index in [0.29, 0.717) is 0 Å². The maximum absolute atomic E-state index is 6.57. The molecule has 3 aliphatic rings. The Balaban J connectivity index is 1.22. The first-order valence-corrected chi connectivity index (χ1v) is 16.8. The van der Waals surface area contributed by atoms with Crippen LogP contribution in [0.25, 0.3) is 49.3 Å². The Morgan fingerprint density at radius 2 is 1.47 bits per heavy atom. The van der Waals surface area contributed by atoms with E-state index in [0.717, 1.165) is 40.3 Å². The molecule has 47 heavy (non-hydrogen) atoms. The van der Waals surface area contributed by atoms with Crippen molar-refractivity contribution in [3.8, 4) is 0 Å². The van der Waals surface area contributed by atoms with Crippen molar-refractivity contribution in [2.75, 3.05) is 0 Å². The lowest BCUT2D eigenvalue weighted by molar-refractivity contribution is 0.161. The molecule has 0 amide bonds. The Labute approximate surface area is 273 Å². The van der Waals surface area contributed by atoms with Crippen LogP contribution in [0.1, 0.15) is 67.6 Å². The van der Waals surface area contributed by atoms with Crippen molar-refractivity contribution in [1.82, 2.24) is 20.5 Å². The molecule has 7 aromatic rings. The van der Waals surface area contributed by atoms with Gasteiger partial charge >= 0.3 is 0 Å². The number of furan rings is 1. The number of allylic oxidation sites excluding steroid dienone is 4. The summed E-state index contributed by atoms with van der Waals surface area (Å²) in [6.45, 7) is 4.81. The molecule has 0 bridgehead atoms. The molecule has 0 radical (unpaired) electrons. The number of benzene rings is 5. The van der Waals surface area contributed by atoms with Crippen LogP contribution >= 0.6 is 0 Å². The molecule has 1 saturated heterocycles. The molecule has 230 valence electrons. The van der Waals surface area contributed by atoms with E-state index in [1.165, 1.54) is 44.1 Å². The molecule has 1 aliphatic heterocycles. The van der Waals surface area contributed by atoms with Gasteiger partial charge in [-0.25, -0.2) is 0 Å². The minimum absolute atomic E-state index is 0.00801. The molecular weight excluding hydrogens is 576 g/mol. The van der Waals surface area contributed by atoms with E-state index < -0.39 is 0 Å². The molecule has 5 nitrogen and oxygen atoms in total. The van der Waals surface area contributed by atoms with E-state index in [4.69, 9.17) is 4.42 Å². The summed E-state index contributed by atoms with van der Waals surface area (Å²) in [5.41, 5.74) is 12.4. The molecule has 3 unspecified atom stereocenters. The third kappa shape index (κ3) is 3.88. The second kappa shape index (κ2) is 10.0. The van der Waals surface area contributed by atoms with Crippen molar-refractivity contribution < 1.29 is 4.42 Å². The van der Waals surface area contributed by atoms with E-state index >= 15 is 0 Å². The topological polar surface area (TPSA) is 54.2 Å². The van der Waals surface area contributed by atoms with Crippen LogP contribution in [-0.4, -0.2) is 4.57 Å². The minimum Gasteiger partial charge on any atom is -0.456 e. The standard InChI is InChI=1S/C42H36N4O/c1-42(2)32-20-9-6-17-30(32)36-33(42)24-23-28-26-15-7-10-21-34(26)46(37(28)36)41-44-39(25-13-4-3-5-14-25)43-40(45-41)31-19-12-18-29-27-16-8-11-22-35(27)47-38(29)31/h3-8,10-19,21-24,39-41,43-45H,9,20H2,1-2H3. The first-order valence-electron chi connectivity index (χ1n) is 16.8. The van der Waals surface area contributed by atoms with E-state index in [2.05, 4.69) is 150 Å². The summed E-state index contributed by atoms with van der Waals surface area (Å²) in [6.07, 6.45) is 6.43. The fourth-order valence-electron chi connectivity index (χ4n) is 8.65. The highest BCUT2D eigenvalue weighted by Crippen LogP contribution is 2.53. The number of hydrogen-bond acceptors (Lipinski definition) is 4. The van der Waals surface area contributed by atoms with Gasteiger partial charge in [-0.1, -0.05) is 129 Å². The van der Waals surface area contributed by atoms with Crippen LogP contribution in [0, 0.1) is 0 Å². The van der Waals surface area contributed by atoms with Crippen molar-refractivity contribution in [3.63, 3.8) is 0 Å². The van der Waals surface area contributed by atoms with Gasteiger partial charge < -0.3 is 8.98 Å². The van der Waals surface area contributed by atoms with Crippen molar-refractivity contribution >= 4 is 49.3 Å². The zero-order valence-electron chi connectivity index (χ0n) is 26.5. The zero-order chi connectivity index (χ0) is 31.3. The summed E-state index contributed by atoms with van der Waals surface area (Å²) in [5, 5.41) is 16.7. The quantitative estimate of drug-likeness (QED) is 0.186. The van der Waals surface area contributed by atoms with Gasteiger partial charge in [0.2, 0.25) is 0 Å². The van der Waals surface area contributed by atoms with E-state index in [1.807, 2.05) is 6.07 Å². The van der Waals surface area contributed by atoms with Crippen LogP contribution in [0.5, 0.6) is 0 Å². The molecule has 2 aromatic heterocycles. The number of para-hydroxylation sites is 3. The fourth-order valence-corrected chi connectivity index (χ4v) is 8.65. The molecule has 3 heterocycles. The van der Waals surface area contributed by atoms with Gasteiger partial charge in [0, 0.05) is 38.1 Å². The Kier molecular flexibility index (Phi) is 5.80. The first-order chi connectivity index (χ1) is 23.1. The molecule has 10 rings (SSSR count). The van der Waals surface area contributed by atoms with Crippen LogP contribution in [-0.2, 0) is 5.41 Å². The van der Waals surface area contributed by atoms with Crippen LogP contribution in [0.4, 0.5) is 0 Å². The lowest BCUT2D eigenvalue weighted by atomic mass is 9.78. The fraction of sp³-hybridized carbons (Fsp3) is 0.190. The average Bonchev–Trinajstić information content (AvgIpc) is 3.74. The summed E-state index contributed by atoms with van der Waals surface area (Å²) >= 11 is 0. The maximum Gasteiger partial charge on any atom is 0.142 e.